The number of amides is 1. The Morgan fingerprint density at radius 2 is 1.88 bits per heavy atom. The van der Waals surface area contributed by atoms with E-state index in [1.54, 1.807) is 0 Å². The van der Waals surface area contributed by atoms with Gasteiger partial charge in [0.1, 0.15) is 11.4 Å². The topological polar surface area (TPSA) is 65.2 Å². The van der Waals surface area contributed by atoms with E-state index in [2.05, 4.69) is 10.3 Å². The predicted molar refractivity (Wildman–Crippen MR) is 99.7 cm³/mol. The molecule has 1 unspecified atom stereocenters. The third-order valence-corrected chi connectivity index (χ3v) is 4.32. The first kappa shape index (κ1) is 17.8. The molecule has 6 heteroatoms. The van der Waals surface area contributed by atoms with Crippen LogP contribution in [0.2, 0.25) is 0 Å². The average molecular weight is 353 g/mol. The largest absolute Gasteiger partial charge is 0.350 e. The number of carbonyl (C=O) groups is 1. The molecule has 1 atom stereocenters. The molecule has 5 nitrogen and oxygen atoms in total. The molecule has 2 aromatic carbocycles. The van der Waals surface area contributed by atoms with Crippen molar-refractivity contribution < 1.29 is 9.18 Å². The Morgan fingerprint density at radius 1 is 1.15 bits per heavy atom. The van der Waals surface area contributed by atoms with Crippen LogP contribution in [0.1, 0.15) is 22.0 Å². The number of aromatic amines is 1. The highest BCUT2D eigenvalue weighted by Crippen LogP contribution is 2.17. The van der Waals surface area contributed by atoms with Crippen molar-refractivity contribution in [1.29, 1.82) is 0 Å². The molecular weight excluding hydrogens is 333 g/mol. The van der Waals surface area contributed by atoms with E-state index in [1.807, 2.05) is 49.3 Å². The van der Waals surface area contributed by atoms with Gasteiger partial charge >= 0.3 is 0 Å². The second-order valence-electron chi connectivity index (χ2n) is 6.34. The molecule has 0 fully saturated rings. The number of nitrogens with one attached hydrogen (secondary N) is 2. The standard InChI is InChI=1S/C20H20FN3O2/c1-24(2)18(13-6-4-3-5-7-13)12-22-19(25)16-10-14-8-9-15(21)11-17(14)23-20(16)26/h3-11,18H,12H2,1-2H3,(H,22,25)(H,23,26). The number of carbonyl (C=O) groups excluding carboxylic acids is 1. The number of pyridine rings is 1. The molecule has 0 radical (unpaired) electrons. The maximum absolute atomic E-state index is 13.3. The molecule has 134 valence electrons. The summed E-state index contributed by atoms with van der Waals surface area (Å²) >= 11 is 0. The minimum Gasteiger partial charge on any atom is -0.350 e. The lowest BCUT2D eigenvalue weighted by atomic mass is 10.1. The van der Waals surface area contributed by atoms with Crippen LogP contribution < -0.4 is 10.9 Å². The monoisotopic (exact) mass is 353 g/mol. The Balaban J connectivity index is 1.81. The van der Waals surface area contributed by atoms with Crippen molar-refractivity contribution in [3.8, 4) is 0 Å². The van der Waals surface area contributed by atoms with Gasteiger partial charge in [-0.2, -0.15) is 0 Å². The molecule has 1 aromatic heterocycles. The highest BCUT2D eigenvalue weighted by molar-refractivity contribution is 5.97. The fraction of sp³-hybridized carbons (Fsp3) is 0.200. The minimum absolute atomic E-state index is 0.00896. The number of hydrogen-bond donors (Lipinski definition) is 2. The number of H-pyrrole nitrogens is 1. The summed E-state index contributed by atoms with van der Waals surface area (Å²) in [6.45, 7) is 0.358. The molecule has 26 heavy (non-hydrogen) atoms. The molecule has 0 saturated carbocycles. The maximum Gasteiger partial charge on any atom is 0.261 e. The van der Waals surface area contributed by atoms with Gasteiger partial charge in [-0.3, -0.25) is 9.59 Å². The summed E-state index contributed by atoms with van der Waals surface area (Å²) in [6.07, 6.45) is 0. The summed E-state index contributed by atoms with van der Waals surface area (Å²) in [7, 11) is 3.86. The van der Waals surface area contributed by atoms with Crippen LogP contribution in [0.4, 0.5) is 4.39 Å². The van der Waals surface area contributed by atoms with Crippen molar-refractivity contribution in [3.63, 3.8) is 0 Å². The van der Waals surface area contributed by atoms with Gasteiger partial charge < -0.3 is 15.2 Å². The van der Waals surface area contributed by atoms with E-state index in [-0.39, 0.29) is 11.6 Å². The van der Waals surface area contributed by atoms with Gasteiger partial charge in [0.15, 0.2) is 0 Å². The molecule has 0 aliphatic carbocycles. The van der Waals surface area contributed by atoms with E-state index >= 15 is 0 Å². The van der Waals surface area contributed by atoms with Gasteiger partial charge in [0.2, 0.25) is 0 Å². The first-order valence-corrected chi connectivity index (χ1v) is 8.28. The van der Waals surface area contributed by atoms with Gasteiger partial charge in [0.05, 0.1) is 11.6 Å². The molecule has 2 N–H and O–H groups in total. The van der Waals surface area contributed by atoms with Gasteiger partial charge in [-0.1, -0.05) is 30.3 Å². The van der Waals surface area contributed by atoms with Gasteiger partial charge in [-0.25, -0.2) is 4.39 Å². The molecule has 0 bridgehead atoms. The zero-order valence-electron chi connectivity index (χ0n) is 14.6. The third kappa shape index (κ3) is 3.81. The Kier molecular flexibility index (Phi) is 5.14. The minimum atomic E-state index is -0.540. The number of rotatable bonds is 5. The van der Waals surface area contributed by atoms with Gasteiger partial charge in [-0.15, -0.1) is 0 Å². The Hall–Kier alpha value is -2.99. The lowest BCUT2D eigenvalue weighted by molar-refractivity contribution is 0.0940. The smallest absolute Gasteiger partial charge is 0.261 e. The molecule has 1 amide bonds. The van der Waals surface area contributed by atoms with Crippen LogP contribution in [0, 0.1) is 5.82 Å². The molecule has 0 saturated heterocycles. The number of likely N-dealkylation sites (N-methyl/N-ethyl adjacent to an activating group) is 1. The van der Waals surface area contributed by atoms with Gasteiger partial charge in [0, 0.05) is 6.54 Å². The van der Waals surface area contributed by atoms with Crippen molar-refractivity contribution in [1.82, 2.24) is 15.2 Å². The normalized spacial score (nSPS) is 12.3. The molecule has 0 aliphatic heterocycles. The first-order chi connectivity index (χ1) is 12.5. The molecular formula is C20H20FN3O2. The molecule has 0 spiro atoms. The predicted octanol–water partition coefficient (Wildman–Crippen LogP) is 2.70. The van der Waals surface area contributed by atoms with Crippen molar-refractivity contribution in [3.05, 3.63) is 81.9 Å². The molecule has 1 heterocycles. The number of nitrogens with zero attached hydrogens (tertiary/aromatic N) is 1. The van der Waals surface area contributed by atoms with E-state index in [4.69, 9.17) is 0 Å². The SMILES string of the molecule is CN(C)C(CNC(=O)c1cc2ccc(F)cc2[nH]c1=O)c1ccccc1. The number of aromatic nitrogens is 1. The third-order valence-electron chi connectivity index (χ3n) is 4.32. The van der Waals surface area contributed by atoms with Crippen LogP contribution in [0.25, 0.3) is 10.9 Å². The maximum atomic E-state index is 13.3. The van der Waals surface area contributed by atoms with E-state index in [1.165, 1.54) is 24.3 Å². The first-order valence-electron chi connectivity index (χ1n) is 8.28. The van der Waals surface area contributed by atoms with Gasteiger partial charge in [0.25, 0.3) is 11.5 Å². The summed E-state index contributed by atoms with van der Waals surface area (Å²) in [4.78, 5) is 29.3. The molecule has 3 aromatic rings. The zero-order chi connectivity index (χ0) is 18.7. The number of hydrogen-bond acceptors (Lipinski definition) is 3. The van der Waals surface area contributed by atoms with E-state index < -0.39 is 17.3 Å². The van der Waals surface area contributed by atoms with Crippen molar-refractivity contribution in [2.75, 3.05) is 20.6 Å². The van der Waals surface area contributed by atoms with Crippen LogP contribution >= 0.6 is 0 Å². The number of benzene rings is 2. The highest BCUT2D eigenvalue weighted by Gasteiger charge is 2.17. The van der Waals surface area contributed by atoms with E-state index in [0.717, 1.165) is 5.56 Å². The summed E-state index contributed by atoms with van der Waals surface area (Å²) in [6, 6.07) is 15.3. The highest BCUT2D eigenvalue weighted by atomic mass is 19.1. The van der Waals surface area contributed by atoms with Crippen molar-refractivity contribution in [2.24, 2.45) is 0 Å². The molecule has 3 rings (SSSR count). The lowest BCUT2D eigenvalue weighted by Gasteiger charge is -2.25. The Labute approximate surface area is 150 Å². The second kappa shape index (κ2) is 7.49. The van der Waals surface area contributed by atoms with E-state index in [0.29, 0.717) is 17.4 Å². The fourth-order valence-electron chi connectivity index (χ4n) is 2.90. The van der Waals surface area contributed by atoms with E-state index in [9.17, 15) is 14.0 Å². The molecule has 0 aliphatic rings. The van der Waals surface area contributed by atoms with Crippen LogP contribution in [-0.4, -0.2) is 36.4 Å². The number of halogens is 1. The van der Waals surface area contributed by atoms with Crippen LogP contribution in [0.3, 0.4) is 0 Å². The fourth-order valence-corrected chi connectivity index (χ4v) is 2.90. The zero-order valence-corrected chi connectivity index (χ0v) is 14.6. The average Bonchev–Trinajstić information content (AvgIpc) is 2.61. The summed E-state index contributed by atoms with van der Waals surface area (Å²) < 4.78 is 13.3. The lowest BCUT2D eigenvalue weighted by Crippen LogP contribution is -2.36. The Morgan fingerprint density at radius 3 is 2.58 bits per heavy atom. The second-order valence-corrected chi connectivity index (χ2v) is 6.34. The Bertz CT molecular complexity index is 983. The summed E-state index contributed by atoms with van der Waals surface area (Å²) in [5.74, 6) is -0.901. The van der Waals surface area contributed by atoms with Crippen molar-refractivity contribution >= 4 is 16.8 Å². The number of fused-ring (bicyclic) bond motifs is 1. The van der Waals surface area contributed by atoms with Crippen LogP contribution in [0.5, 0.6) is 0 Å². The van der Waals surface area contributed by atoms with Crippen LogP contribution in [-0.2, 0) is 0 Å². The summed E-state index contributed by atoms with van der Waals surface area (Å²) in [5, 5.41) is 3.42. The quantitative estimate of drug-likeness (QED) is 0.741. The van der Waals surface area contributed by atoms with Gasteiger partial charge in [-0.05, 0) is 49.3 Å². The van der Waals surface area contributed by atoms with Crippen LogP contribution in [0.15, 0.2) is 59.4 Å². The van der Waals surface area contributed by atoms with Crippen molar-refractivity contribution in [2.45, 2.75) is 6.04 Å². The summed E-state index contributed by atoms with van der Waals surface area (Å²) in [5.41, 5.74) is 0.902.